The summed E-state index contributed by atoms with van der Waals surface area (Å²) < 4.78 is 0. The van der Waals surface area contributed by atoms with Crippen LogP contribution in [0.15, 0.2) is 0 Å². The summed E-state index contributed by atoms with van der Waals surface area (Å²) in [6.45, 7) is 5.00. The van der Waals surface area contributed by atoms with Crippen LogP contribution in [0.25, 0.3) is 0 Å². The van der Waals surface area contributed by atoms with Gasteiger partial charge in [-0.05, 0) is 37.5 Å². The van der Waals surface area contributed by atoms with Crippen molar-refractivity contribution in [2.45, 2.75) is 70.9 Å². The fourth-order valence-corrected chi connectivity index (χ4v) is 3.55. The zero-order valence-corrected chi connectivity index (χ0v) is 11.9. The Bertz CT molecular complexity index is 284. The Balaban J connectivity index is 2.00. The molecule has 2 rings (SSSR count). The Morgan fingerprint density at radius 3 is 2.39 bits per heavy atom. The van der Waals surface area contributed by atoms with Crippen molar-refractivity contribution in [3.63, 3.8) is 0 Å². The van der Waals surface area contributed by atoms with Gasteiger partial charge < -0.3 is 10.6 Å². The minimum absolute atomic E-state index is 0.193. The highest BCUT2D eigenvalue weighted by Gasteiger charge is 2.37. The van der Waals surface area contributed by atoms with Gasteiger partial charge in [0.25, 0.3) is 0 Å². The van der Waals surface area contributed by atoms with Gasteiger partial charge >= 0.3 is 0 Å². The number of carbonyl (C=O) groups is 1. The average Bonchev–Trinajstić information content (AvgIpc) is 2.87. The number of nitrogens with two attached hydrogens (primary N) is 1. The smallest absolute Gasteiger partial charge is 0.240 e. The van der Waals surface area contributed by atoms with Crippen molar-refractivity contribution < 1.29 is 4.79 Å². The standard InChI is InChI=1S/C15H28N2O/c1-11(2)14(16)15(18)17-10-6-9-13(17)12-7-4-3-5-8-12/h11-14H,3-10,16H2,1-2H3/t13?,14-/m0/s1. The van der Waals surface area contributed by atoms with E-state index in [9.17, 15) is 4.79 Å². The molecule has 1 saturated heterocycles. The van der Waals surface area contributed by atoms with Crippen LogP contribution in [-0.2, 0) is 4.79 Å². The predicted octanol–water partition coefficient (Wildman–Crippen LogP) is 2.54. The Kier molecular flexibility index (Phi) is 4.66. The molecule has 0 bridgehead atoms. The Labute approximate surface area is 111 Å². The fraction of sp³-hybridized carbons (Fsp3) is 0.933. The first-order valence-electron chi connectivity index (χ1n) is 7.67. The summed E-state index contributed by atoms with van der Waals surface area (Å²) in [7, 11) is 0. The lowest BCUT2D eigenvalue weighted by atomic mass is 9.82. The molecule has 2 N–H and O–H groups in total. The zero-order chi connectivity index (χ0) is 13.1. The lowest BCUT2D eigenvalue weighted by Gasteiger charge is -2.35. The van der Waals surface area contributed by atoms with E-state index in [1.54, 1.807) is 0 Å². The monoisotopic (exact) mass is 252 g/mol. The van der Waals surface area contributed by atoms with Crippen molar-refractivity contribution in [2.24, 2.45) is 17.6 Å². The highest BCUT2D eigenvalue weighted by Crippen LogP contribution is 2.34. The molecule has 3 nitrogen and oxygen atoms in total. The van der Waals surface area contributed by atoms with Gasteiger partial charge in [-0.3, -0.25) is 4.79 Å². The van der Waals surface area contributed by atoms with E-state index in [2.05, 4.69) is 4.90 Å². The summed E-state index contributed by atoms with van der Waals surface area (Å²) >= 11 is 0. The molecule has 18 heavy (non-hydrogen) atoms. The minimum atomic E-state index is -0.311. The molecule has 1 aliphatic heterocycles. The lowest BCUT2D eigenvalue weighted by Crippen LogP contribution is -2.50. The lowest BCUT2D eigenvalue weighted by molar-refractivity contribution is -0.135. The normalized spacial score (nSPS) is 27.8. The molecule has 3 heteroatoms. The largest absolute Gasteiger partial charge is 0.338 e. The summed E-state index contributed by atoms with van der Waals surface area (Å²) in [5, 5.41) is 0. The van der Waals surface area contributed by atoms with E-state index in [-0.39, 0.29) is 17.9 Å². The van der Waals surface area contributed by atoms with Gasteiger partial charge in [-0.25, -0.2) is 0 Å². The molecule has 1 aliphatic carbocycles. The van der Waals surface area contributed by atoms with Crippen LogP contribution in [0.3, 0.4) is 0 Å². The Hall–Kier alpha value is -0.570. The molecule has 2 atom stereocenters. The van der Waals surface area contributed by atoms with Crippen LogP contribution in [0, 0.1) is 11.8 Å². The number of nitrogens with zero attached hydrogens (tertiary/aromatic N) is 1. The van der Waals surface area contributed by atoms with Gasteiger partial charge in [0.2, 0.25) is 5.91 Å². The SMILES string of the molecule is CC(C)[C@H](N)C(=O)N1CCCC1C1CCCCC1. The van der Waals surface area contributed by atoms with Crippen LogP contribution >= 0.6 is 0 Å². The molecule has 1 heterocycles. The van der Waals surface area contributed by atoms with Crippen LogP contribution < -0.4 is 5.73 Å². The maximum atomic E-state index is 12.4. The van der Waals surface area contributed by atoms with Crippen LogP contribution in [0.5, 0.6) is 0 Å². The molecule has 2 aliphatic rings. The molecule has 0 radical (unpaired) electrons. The summed E-state index contributed by atoms with van der Waals surface area (Å²) in [5.41, 5.74) is 6.04. The number of rotatable bonds is 3. The van der Waals surface area contributed by atoms with Crippen molar-refractivity contribution in [1.29, 1.82) is 0 Å². The van der Waals surface area contributed by atoms with Crippen molar-refractivity contribution in [1.82, 2.24) is 4.90 Å². The Morgan fingerprint density at radius 1 is 1.11 bits per heavy atom. The van der Waals surface area contributed by atoms with Gasteiger partial charge in [0, 0.05) is 12.6 Å². The number of carbonyl (C=O) groups excluding carboxylic acids is 1. The van der Waals surface area contributed by atoms with E-state index in [0.29, 0.717) is 6.04 Å². The van der Waals surface area contributed by atoms with Gasteiger partial charge in [-0.1, -0.05) is 33.1 Å². The summed E-state index contributed by atoms with van der Waals surface area (Å²) in [6.07, 6.45) is 9.05. The van der Waals surface area contributed by atoms with Gasteiger partial charge in [-0.2, -0.15) is 0 Å². The third kappa shape index (κ3) is 2.87. The highest BCUT2D eigenvalue weighted by atomic mass is 16.2. The Morgan fingerprint density at radius 2 is 1.78 bits per heavy atom. The van der Waals surface area contributed by atoms with Crippen molar-refractivity contribution in [3.05, 3.63) is 0 Å². The van der Waals surface area contributed by atoms with Crippen molar-refractivity contribution >= 4 is 5.91 Å². The van der Waals surface area contributed by atoms with Gasteiger partial charge in [-0.15, -0.1) is 0 Å². The van der Waals surface area contributed by atoms with E-state index in [1.807, 2.05) is 13.8 Å². The molecule has 1 saturated carbocycles. The number of amides is 1. The van der Waals surface area contributed by atoms with E-state index >= 15 is 0 Å². The molecule has 1 unspecified atom stereocenters. The first-order chi connectivity index (χ1) is 8.61. The second-order valence-electron chi connectivity index (χ2n) is 6.41. The molecule has 2 fully saturated rings. The molecular weight excluding hydrogens is 224 g/mol. The summed E-state index contributed by atoms with van der Waals surface area (Å²) in [4.78, 5) is 14.6. The maximum Gasteiger partial charge on any atom is 0.240 e. The number of likely N-dealkylation sites (tertiary alicyclic amines) is 1. The molecule has 104 valence electrons. The quantitative estimate of drug-likeness (QED) is 0.839. The van der Waals surface area contributed by atoms with Gasteiger partial charge in [0.15, 0.2) is 0 Å². The second-order valence-corrected chi connectivity index (χ2v) is 6.41. The third-order valence-corrected chi connectivity index (χ3v) is 4.78. The first kappa shape index (κ1) is 13.9. The van der Waals surface area contributed by atoms with E-state index in [1.165, 1.54) is 38.5 Å². The van der Waals surface area contributed by atoms with E-state index in [0.717, 1.165) is 18.9 Å². The first-order valence-corrected chi connectivity index (χ1v) is 7.67. The van der Waals surface area contributed by atoms with Crippen molar-refractivity contribution in [2.75, 3.05) is 6.54 Å². The zero-order valence-electron chi connectivity index (χ0n) is 11.9. The molecule has 0 aromatic heterocycles. The van der Waals surface area contributed by atoms with Crippen molar-refractivity contribution in [3.8, 4) is 0 Å². The van der Waals surface area contributed by atoms with Crippen LogP contribution in [0.1, 0.15) is 58.8 Å². The molecule has 0 aromatic rings. The average molecular weight is 252 g/mol. The van der Waals surface area contributed by atoms with Crippen LogP contribution in [0.4, 0.5) is 0 Å². The van der Waals surface area contributed by atoms with E-state index < -0.39 is 0 Å². The van der Waals surface area contributed by atoms with Gasteiger partial charge in [0.05, 0.1) is 6.04 Å². The third-order valence-electron chi connectivity index (χ3n) is 4.78. The topological polar surface area (TPSA) is 46.3 Å². The summed E-state index contributed by atoms with van der Waals surface area (Å²) in [6, 6.07) is 0.178. The number of hydrogen-bond acceptors (Lipinski definition) is 2. The molecule has 0 spiro atoms. The second kappa shape index (κ2) is 6.05. The summed E-state index contributed by atoms with van der Waals surface area (Å²) in [5.74, 6) is 1.17. The van der Waals surface area contributed by atoms with E-state index in [4.69, 9.17) is 5.73 Å². The highest BCUT2D eigenvalue weighted by molar-refractivity contribution is 5.82. The van der Waals surface area contributed by atoms with Crippen LogP contribution in [-0.4, -0.2) is 29.4 Å². The minimum Gasteiger partial charge on any atom is -0.338 e. The molecule has 1 amide bonds. The molecular formula is C15H28N2O. The predicted molar refractivity (Wildman–Crippen MR) is 74.1 cm³/mol. The van der Waals surface area contributed by atoms with Crippen LogP contribution in [0.2, 0.25) is 0 Å². The van der Waals surface area contributed by atoms with Gasteiger partial charge in [0.1, 0.15) is 0 Å². The fourth-order valence-electron chi connectivity index (χ4n) is 3.55. The number of hydrogen-bond donors (Lipinski definition) is 1. The molecule has 0 aromatic carbocycles. The maximum absolute atomic E-state index is 12.4.